The molecular formula is C27H35N3O. The summed E-state index contributed by atoms with van der Waals surface area (Å²) in [5, 5.41) is 4.55. The quantitative estimate of drug-likeness (QED) is 0.528. The lowest BCUT2D eigenvalue weighted by atomic mass is 9.95. The van der Waals surface area contributed by atoms with Crippen LogP contribution in [0.25, 0.3) is 10.9 Å². The maximum Gasteiger partial charge on any atom is 0.223 e. The third kappa shape index (κ3) is 5.01. The Balaban J connectivity index is 1.26. The van der Waals surface area contributed by atoms with E-state index in [1.807, 2.05) is 6.07 Å². The predicted octanol–water partition coefficient (Wildman–Crippen LogP) is 4.93. The van der Waals surface area contributed by atoms with Crippen molar-refractivity contribution in [3.63, 3.8) is 0 Å². The maximum atomic E-state index is 12.6. The molecule has 1 N–H and O–H groups in total. The number of amides is 1. The number of rotatable bonds is 8. The Morgan fingerprint density at radius 3 is 2.48 bits per heavy atom. The second-order valence-electron chi connectivity index (χ2n) is 8.76. The molecule has 0 bridgehead atoms. The smallest absolute Gasteiger partial charge is 0.223 e. The molecule has 1 aliphatic heterocycles. The zero-order valence-electron chi connectivity index (χ0n) is 18.9. The van der Waals surface area contributed by atoms with Crippen LogP contribution in [0.15, 0.2) is 54.6 Å². The highest BCUT2D eigenvalue weighted by molar-refractivity contribution is 5.85. The number of hydrogen-bond acceptors (Lipinski definition) is 2. The molecule has 2 heterocycles. The van der Waals surface area contributed by atoms with Gasteiger partial charge in [0.05, 0.1) is 0 Å². The predicted molar refractivity (Wildman–Crippen MR) is 128 cm³/mol. The highest BCUT2D eigenvalue weighted by Gasteiger charge is 2.26. The van der Waals surface area contributed by atoms with Gasteiger partial charge in [0.25, 0.3) is 0 Å². The van der Waals surface area contributed by atoms with Crippen LogP contribution in [-0.4, -0.2) is 35.0 Å². The first-order chi connectivity index (χ1) is 15.2. The molecule has 4 nitrogen and oxygen atoms in total. The number of likely N-dealkylation sites (tertiary alicyclic amines) is 1. The van der Waals surface area contributed by atoms with Gasteiger partial charge >= 0.3 is 0 Å². The summed E-state index contributed by atoms with van der Waals surface area (Å²) in [6.07, 6.45) is 3.92. The Morgan fingerprint density at radius 1 is 1.03 bits per heavy atom. The van der Waals surface area contributed by atoms with E-state index in [4.69, 9.17) is 0 Å². The fraction of sp³-hybridized carbons (Fsp3) is 0.444. The number of aryl methyl sites for hydroxylation is 2. The van der Waals surface area contributed by atoms with E-state index in [1.54, 1.807) is 0 Å². The molecule has 1 aliphatic rings. The van der Waals surface area contributed by atoms with Gasteiger partial charge in [-0.1, -0.05) is 48.5 Å². The summed E-state index contributed by atoms with van der Waals surface area (Å²) in [4.78, 5) is 15.1. The molecular weight excluding hydrogens is 382 g/mol. The van der Waals surface area contributed by atoms with Crippen molar-refractivity contribution >= 4 is 16.8 Å². The van der Waals surface area contributed by atoms with Crippen LogP contribution in [-0.2, 0) is 24.3 Å². The number of hydrogen-bond donors (Lipinski definition) is 1. The van der Waals surface area contributed by atoms with Crippen LogP contribution < -0.4 is 5.32 Å². The molecule has 4 rings (SSSR count). The molecule has 0 saturated carbocycles. The van der Waals surface area contributed by atoms with Gasteiger partial charge in [0.15, 0.2) is 0 Å². The minimum atomic E-state index is 0.158. The molecule has 0 unspecified atom stereocenters. The molecule has 0 spiro atoms. The molecule has 0 atom stereocenters. The van der Waals surface area contributed by atoms with E-state index in [1.165, 1.54) is 27.7 Å². The second kappa shape index (κ2) is 10.1. The van der Waals surface area contributed by atoms with Crippen molar-refractivity contribution in [2.45, 2.75) is 52.6 Å². The van der Waals surface area contributed by atoms with Crippen molar-refractivity contribution in [3.8, 4) is 0 Å². The van der Waals surface area contributed by atoms with Gasteiger partial charge in [0.2, 0.25) is 5.91 Å². The first-order valence-corrected chi connectivity index (χ1v) is 11.8. The van der Waals surface area contributed by atoms with Gasteiger partial charge in [0.1, 0.15) is 0 Å². The zero-order chi connectivity index (χ0) is 21.6. The van der Waals surface area contributed by atoms with E-state index in [0.29, 0.717) is 0 Å². The highest BCUT2D eigenvalue weighted by atomic mass is 16.1. The van der Waals surface area contributed by atoms with Crippen LogP contribution in [0.3, 0.4) is 0 Å². The van der Waals surface area contributed by atoms with Crippen molar-refractivity contribution in [2.24, 2.45) is 5.92 Å². The van der Waals surface area contributed by atoms with E-state index >= 15 is 0 Å². The lowest BCUT2D eigenvalue weighted by Crippen LogP contribution is -2.40. The Hall–Kier alpha value is -2.59. The minimum absolute atomic E-state index is 0.158. The Labute approximate surface area is 186 Å². The molecule has 2 aromatic carbocycles. The SMILES string of the molecule is CCn1c(C)c(CN2CCC(C(=O)NCCCc3ccccc3)CC2)c2ccccc21. The summed E-state index contributed by atoms with van der Waals surface area (Å²) in [7, 11) is 0. The molecule has 4 heteroatoms. The number of fused-ring (bicyclic) bond motifs is 1. The Morgan fingerprint density at radius 2 is 1.74 bits per heavy atom. The van der Waals surface area contributed by atoms with Crippen molar-refractivity contribution in [1.29, 1.82) is 0 Å². The standard InChI is InChI=1S/C27H35N3O/c1-3-30-21(2)25(24-13-7-8-14-26(24)30)20-29-18-15-23(16-19-29)27(31)28-17-9-12-22-10-5-4-6-11-22/h4-8,10-11,13-14,23H,3,9,12,15-20H2,1-2H3,(H,28,31). The van der Waals surface area contributed by atoms with E-state index in [9.17, 15) is 4.79 Å². The number of nitrogens with one attached hydrogen (secondary N) is 1. The summed E-state index contributed by atoms with van der Waals surface area (Å²) in [6.45, 7) is 9.19. The van der Waals surface area contributed by atoms with Gasteiger partial charge in [-0.15, -0.1) is 0 Å². The van der Waals surface area contributed by atoms with Crippen LogP contribution in [0, 0.1) is 12.8 Å². The largest absolute Gasteiger partial charge is 0.356 e. The Kier molecular flexibility index (Phi) is 7.08. The molecule has 3 aromatic rings. The lowest BCUT2D eigenvalue weighted by molar-refractivity contribution is -0.126. The first kappa shape index (κ1) is 21.6. The third-order valence-electron chi connectivity index (χ3n) is 6.80. The lowest BCUT2D eigenvalue weighted by Gasteiger charge is -2.31. The molecule has 1 amide bonds. The van der Waals surface area contributed by atoms with E-state index in [2.05, 4.69) is 77.2 Å². The topological polar surface area (TPSA) is 37.3 Å². The van der Waals surface area contributed by atoms with Crippen LogP contribution in [0.1, 0.15) is 43.0 Å². The van der Waals surface area contributed by atoms with Crippen LogP contribution >= 0.6 is 0 Å². The summed E-state index contributed by atoms with van der Waals surface area (Å²) >= 11 is 0. The highest BCUT2D eigenvalue weighted by Crippen LogP contribution is 2.28. The second-order valence-corrected chi connectivity index (χ2v) is 8.76. The summed E-state index contributed by atoms with van der Waals surface area (Å²) < 4.78 is 2.42. The fourth-order valence-electron chi connectivity index (χ4n) is 4.98. The Bertz CT molecular complexity index is 1000. The molecule has 31 heavy (non-hydrogen) atoms. The maximum absolute atomic E-state index is 12.6. The van der Waals surface area contributed by atoms with E-state index < -0.39 is 0 Å². The van der Waals surface area contributed by atoms with Crippen molar-refractivity contribution in [1.82, 2.24) is 14.8 Å². The van der Waals surface area contributed by atoms with Crippen molar-refractivity contribution < 1.29 is 4.79 Å². The summed E-state index contributed by atoms with van der Waals surface area (Å²) in [5.41, 5.74) is 5.50. The number of carbonyl (C=O) groups excluding carboxylic acids is 1. The first-order valence-electron chi connectivity index (χ1n) is 11.8. The van der Waals surface area contributed by atoms with Gasteiger partial charge < -0.3 is 9.88 Å². The molecule has 0 radical (unpaired) electrons. The summed E-state index contributed by atoms with van der Waals surface area (Å²) in [6, 6.07) is 19.2. The van der Waals surface area contributed by atoms with Crippen molar-refractivity contribution in [2.75, 3.05) is 19.6 Å². The van der Waals surface area contributed by atoms with Gasteiger partial charge in [-0.05, 0) is 69.8 Å². The molecule has 1 saturated heterocycles. The molecule has 1 aromatic heterocycles. The molecule has 164 valence electrons. The van der Waals surface area contributed by atoms with E-state index in [0.717, 1.165) is 58.4 Å². The monoisotopic (exact) mass is 417 g/mol. The fourth-order valence-corrected chi connectivity index (χ4v) is 4.98. The number of benzene rings is 2. The van der Waals surface area contributed by atoms with Gasteiger partial charge in [-0.3, -0.25) is 9.69 Å². The number of aromatic nitrogens is 1. The zero-order valence-corrected chi connectivity index (χ0v) is 18.9. The average molecular weight is 418 g/mol. The number of piperidine rings is 1. The molecule has 1 fully saturated rings. The van der Waals surface area contributed by atoms with Crippen LogP contribution in [0.5, 0.6) is 0 Å². The number of para-hydroxylation sites is 1. The molecule has 0 aliphatic carbocycles. The van der Waals surface area contributed by atoms with E-state index in [-0.39, 0.29) is 11.8 Å². The number of carbonyl (C=O) groups is 1. The third-order valence-corrected chi connectivity index (χ3v) is 6.80. The average Bonchev–Trinajstić information content (AvgIpc) is 3.08. The van der Waals surface area contributed by atoms with Crippen LogP contribution in [0.2, 0.25) is 0 Å². The number of nitrogens with zero attached hydrogens (tertiary/aromatic N) is 2. The van der Waals surface area contributed by atoms with Crippen molar-refractivity contribution in [3.05, 3.63) is 71.4 Å². The van der Waals surface area contributed by atoms with Crippen LogP contribution in [0.4, 0.5) is 0 Å². The minimum Gasteiger partial charge on any atom is -0.356 e. The van der Waals surface area contributed by atoms with Gasteiger partial charge in [0, 0.05) is 42.1 Å². The normalized spacial score (nSPS) is 15.4. The summed E-state index contributed by atoms with van der Waals surface area (Å²) in [5.74, 6) is 0.400. The van der Waals surface area contributed by atoms with Gasteiger partial charge in [-0.25, -0.2) is 0 Å². The van der Waals surface area contributed by atoms with Gasteiger partial charge in [-0.2, -0.15) is 0 Å².